The summed E-state index contributed by atoms with van der Waals surface area (Å²) in [6, 6.07) is 7.28. The first-order chi connectivity index (χ1) is 11.6. The van der Waals surface area contributed by atoms with Gasteiger partial charge in [0.25, 0.3) is 5.91 Å². The molecule has 1 atom stereocenters. The Morgan fingerprint density at radius 1 is 1.42 bits per heavy atom. The van der Waals surface area contributed by atoms with Crippen molar-refractivity contribution in [3.63, 3.8) is 0 Å². The van der Waals surface area contributed by atoms with E-state index >= 15 is 0 Å². The molecule has 128 valence electrons. The molecule has 1 unspecified atom stereocenters. The Morgan fingerprint density at radius 3 is 2.92 bits per heavy atom. The molecule has 0 bridgehead atoms. The first kappa shape index (κ1) is 16.9. The lowest BCUT2D eigenvalue weighted by Crippen LogP contribution is -2.30. The van der Waals surface area contributed by atoms with Gasteiger partial charge in [-0.2, -0.15) is 0 Å². The lowest BCUT2D eigenvalue weighted by Gasteiger charge is -2.22. The molecular weight excluding hydrogens is 330 g/mol. The maximum absolute atomic E-state index is 12.2. The Bertz CT molecular complexity index is 699. The molecule has 0 radical (unpaired) electrons. The van der Waals surface area contributed by atoms with Crippen molar-refractivity contribution in [3.8, 4) is 0 Å². The molecule has 0 aliphatic carbocycles. The number of carbonyl (C=O) groups excluding carboxylic acids is 1. The quantitative estimate of drug-likeness (QED) is 0.757. The summed E-state index contributed by atoms with van der Waals surface area (Å²) >= 11 is 6.04. The lowest BCUT2D eigenvalue weighted by molar-refractivity contribution is 0.0911. The fourth-order valence-corrected chi connectivity index (χ4v) is 3.03. The van der Waals surface area contributed by atoms with Crippen molar-refractivity contribution in [2.24, 2.45) is 0 Å². The third kappa shape index (κ3) is 3.92. The van der Waals surface area contributed by atoms with Crippen LogP contribution in [0.2, 0.25) is 5.02 Å². The first-order valence-corrected chi connectivity index (χ1v) is 8.36. The summed E-state index contributed by atoms with van der Waals surface area (Å²) in [5.41, 5.74) is 0.831. The summed E-state index contributed by atoms with van der Waals surface area (Å²) in [6.07, 6.45) is 2.72. The number of carbonyl (C=O) groups is 1. The average molecular weight is 350 g/mol. The molecule has 0 spiro atoms. The highest BCUT2D eigenvalue weighted by Gasteiger charge is 2.19. The molecule has 2 aromatic rings. The van der Waals surface area contributed by atoms with Gasteiger partial charge in [0.2, 0.25) is 0 Å². The van der Waals surface area contributed by atoms with Crippen molar-refractivity contribution in [2.45, 2.75) is 25.0 Å². The molecule has 1 saturated heterocycles. The van der Waals surface area contributed by atoms with Crippen molar-refractivity contribution in [3.05, 3.63) is 46.7 Å². The highest BCUT2D eigenvalue weighted by Crippen LogP contribution is 2.22. The number of aliphatic hydroxyl groups excluding tert-OH is 1. The highest BCUT2D eigenvalue weighted by atomic mass is 35.5. The molecule has 1 aromatic carbocycles. The molecule has 3 N–H and O–H groups in total. The van der Waals surface area contributed by atoms with E-state index in [1.807, 2.05) is 0 Å². The molecule has 7 nitrogen and oxygen atoms in total. The van der Waals surface area contributed by atoms with E-state index in [0.29, 0.717) is 10.6 Å². The summed E-state index contributed by atoms with van der Waals surface area (Å²) in [5, 5.41) is 24.6. The van der Waals surface area contributed by atoms with E-state index in [1.165, 1.54) is 0 Å². The van der Waals surface area contributed by atoms with Crippen molar-refractivity contribution < 1.29 is 9.90 Å². The van der Waals surface area contributed by atoms with Crippen LogP contribution >= 0.6 is 11.6 Å². The van der Waals surface area contributed by atoms with E-state index in [4.69, 9.17) is 11.6 Å². The molecule has 1 aliphatic rings. The van der Waals surface area contributed by atoms with Gasteiger partial charge < -0.3 is 15.7 Å². The van der Waals surface area contributed by atoms with Gasteiger partial charge in [0.05, 0.1) is 18.3 Å². The minimum atomic E-state index is -0.873. The summed E-state index contributed by atoms with van der Waals surface area (Å²) in [5.74, 6) is -0.360. The molecule has 1 aromatic heterocycles. The van der Waals surface area contributed by atoms with E-state index in [-0.39, 0.29) is 24.2 Å². The smallest absolute Gasteiger partial charge is 0.273 e. The van der Waals surface area contributed by atoms with E-state index in [0.717, 1.165) is 25.9 Å². The van der Waals surface area contributed by atoms with Gasteiger partial charge in [-0.05, 0) is 32.0 Å². The van der Waals surface area contributed by atoms with Crippen LogP contribution in [0, 0.1) is 0 Å². The zero-order valence-corrected chi connectivity index (χ0v) is 13.9. The number of aromatic nitrogens is 3. The van der Waals surface area contributed by atoms with Crippen LogP contribution in [-0.4, -0.2) is 45.6 Å². The first-order valence-electron chi connectivity index (χ1n) is 7.98. The number of piperidine rings is 1. The second-order valence-corrected chi connectivity index (χ2v) is 6.22. The zero-order chi connectivity index (χ0) is 16.9. The number of amides is 1. The van der Waals surface area contributed by atoms with Gasteiger partial charge in [-0.25, -0.2) is 4.68 Å². The fourth-order valence-electron chi connectivity index (χ4n) is 2.77. The molecule has 8 heteroatoms. The van der Waals surface area contributed by atoms with Crippen LogP contribution in [0.25, 0.3) is 0 Å². The highest BCUT2D eigenvalue weighted by molar-refractivity contribution is 6.31. The standard InChI is InChI=1S/C16H20ClN5O2/c17-13-4-2-1-3-12(13)15(23)9-19-16(24)14-10-22(21-20-14)11-5-7-18-8-6-11/h1-4,10-11,15,18,23H,5-9H2,(H,19,24). The van der Waals surface area contributed by atoms with E-state index in [1.54, 1.807) is 35.1 Å². The Balaban J connectivity index is 1.57. The molecular formula is C16H20ClN5O2. The molecule has 0 saturated carbocycles. The summed E-state index contributed by atoms with van der Waals surface area (Å²) < 4.78 is 1.75. The van der Waals surface area contributed by atoms with Gasteiger partial charge >= 0.3 is 0 Å². The van der Waals surface area contributed by atoms with Crippen molar-refractivity contribution in [2.75, 3.05) is 19.6 Å². The third-order valence-corrected chi connectivity index (χ3v) is 4.49. The second-order valence-electron chi connectivity index (χ2n) is 5.81. The average Bonchev–Trinajstić information content (AvgIpc) is 3.11. The summed E-state index contributed by atoms with van der Waals surface area (Å²) in [7, 11) is 0. The number of benzene rings is 1. The molecule has 1 amide bonds. The van der Waals surface area contributed by atoms with E-state index in [9.17, 15) is 9.90 Å². The molecule has 2 heterocycles. The molecule has 1 aliphatic heterocycles. The van der Waals surface area contributed by atoms with Crippen LogP contribution in [0.15, 0.2) is 30.5 Å². The maximum atomic E-state index is 12.2. The van der Waals surface area contributed by atoms with Gasteiger partial charge in [0.1, 0.15) is 0 Å². The summed E-state index contributed by atoms with van der Waals surface area (Å²) in [4.78, 5) is 12.2. The van der Waals surface area contributed by atoms with Crippen molar-refractivity contribution in [1.29, 1.82) is 0 Å². The maximum Gasteiger partial charge on any atom is 0.273 e. The predicted molar refractivity (Wildman–Crippen MR) is 89.9 cm³/mol. The Morgan fingerprint density at radius 2 is 2.17 bits per heavy atom. The van der Waals surface area contributed by atoms with Gasteiger partial charge in [0.15, 0.2) is 5.69 Å². The van der Waals surface area contributed by atoms with Crippen molar-refractivity contribution >= 4 is 17.5 Å². The monoisotopic (exact) mass is 349 g/mol. The second kappa shape index (κ2) is 7.74. The molecule has 1 fully saturated rings. The van der Waals surface area contributed by atoms with Crippen LogP contribution < -0.4 is 10.6 Å². The largest absolute Gasteiger partial charge is 0.387 e. The Kier molecular flexibility index (Phi) is 5.44. The number of hydrogen-bond acceptors (Lipinski definition) is 5. The number of halogens is 1. The molecule has 24 heavy (non-hydrogen) atoms. The number of aliphatic hydroxyl groups is 1. The molecule has 3 rings (SSSR count). The van der Waals surface area contributed by atoms with Crippen LogP contribution in [-0.2, 0) is 0 Å². The number of rotatable bonds is 5. The SMILES string of the molecule is O=C(NCC(O)c1ccccc1Cl)c1cn(C2CCNCC2)nn1. The van der Waals surface area contributed by atoms with Crippen LogP contribution in [0.3, 0.4) is 0 Å². The number of nitrogens with zero attached hydrogens (tertiary/aromatic N) is 3. The van der Waals surface area contributed by atoms with Crippen LogP contribution in [0.5, 0.6) is 0 Å². The minimum absolute atomic E-state index is 0.0583. The predicted octanol–water partition coefficient (Wildman–Crippen LogP) is 1.32. The van der Waals surface area contributed by atoms with Crippen LogP contribution in [0.1, 0.15) is 41.0 Å². The van der Waals surface area contributed by atoms with Gasteiger partial charge in [0, 0.05) is 17.1 Å². The lowest BCUT2D eigenvalue weighted by atomic mass is 10.1. The van der Waals surface area contributed by atoms with E-state index < -0.39 is 6.10 Å². The summed E-state index contributed by atoms with van der Waals surface area (Å²) in [6.45, 7) is 1.94. The topological polar surface area (TPSA) is 92.1 Å². The minimum Gasteiger partial charge on any atom is -0.387 e. The number of nitrogens with one attached hydrogen (secondary N) is 2. The fraction of sp³-hybridized carbons (Fsp3) is 0.438. The van der Waals surface area contributed by atoms with E-state index in [2.05, 4.69) is 20.9 Å². The van der Waals surface area contributed by atoms with Gasteiger partial charge in [-0.15, -0.1) is 5.10 Å². The van der Waals surface area contributed by atoms with Crippen molar-refractivity contribution in [1.82, 2.24) is 25.6 Å². The van der Waals surface area contributed by atoms with Gasteiger partial charge in [-0.1, -0.05) is 35.0 Å². The normalized spacial score (nSPS) is 16.8. The Labute approximate surface area is 145 Å². The zero-order valence-electron chi connectivity index (χ0n) is 13.2. The van der Waals surface area contributed by atoms with Crippen LogP contribution in [0.4, 0.5) is 0 Å². The Hall–Kier alpha value is -1.96. The number of hydrogen-bond donors (Lipinski definition) is 3. The third-order valence-electron chi connectivity index (χ3n) is 4.15. The van der Waals surface area contributed by atoms with Gasteiger partial charge in [-0.3, -0.25) is 4.79 Å².